The minimum absolute atomic E-state index is 0.194. The minimum Gasteiger partial charge on any atom is -0.206 e. The molecule has 0 aromatic heterocycles. The van der Waals surface area contributed by atoms with Crippen LogP contribution < -0.4 is 0 Å². The molecule has 0 fully saturated rings. The van der Waals surface area contributed by atoms with E-state index >= 15 is 0 Å². The van der Waals surface area contributed by atoms with E-state index in [2.05, 4.69) is 31.9 Å². The molecule has 0 saturated carbocycles. The van der Waals surface area contributed by atoms with Crippen molar-refractivity contribution < 1.29 is 4.39 Å². The van der Waals surface area contributed by atoms with E-state index in [1.54, 1.807) is 12.1 Å². The van der Waals surface area contributed by atoms with Crippen molar-refractivity contribution in [3.05, 3.63) is 40.1 Å². The molecule has 0 aliphatic carbocycles. The maximum Gasteiger partial charge on any atom is 0.131 e. The molecule has 0 radical (unpaired) electrons. The Balaban J connectivity index is 2.87. The van der Waals surface area contributed by atoms with Gasteiger partial charge in [-0.2, -0.15) is 0 Å². The molecule has 3 heteroatoms. The first kappa shape index (κ1) is 10.9. The maximum absolute atomic E-state index is 13.2. The van der Waals surface area contributed by atoms with Crippen LogP contribution in [0.5, 0.6) is 0 Å². The van der Waals surface area contributed by atoms with Crippen molar-refractivity contribution >= 4 is 37.9 Å². The van der Waals surface area contributed by atoms with Crippen molar-refractivity contribution in [1.82, 2.24) is 0 Å². The molecule has 0 saturated heterocycles. The van der Waals surface area contributed by atoms with E-state index in [1.165, 1.54) is 6.07 Å². The molecule has 1 aromatic rings. The van der Waals surface area contributed by atoms with Gasteiger partial charge in [0.1, 0.15) is 5.82 Å². The summed E-state index contributed by atoms with van der Waals surface area (Å²) in [5, 5.41) is 0.898. The van der Waals surface area contributed by atoms with Gasteiger partial charge in [-0.1, -0.05) is 50.1 Å². The fourth-order valence-electron chi connectivity index (χ4n) is 0.934. The quantitative estimate of drug-likeness (QED) is 0.727. The lowest BCUT2D eigenvalue weighted by atomic mass is 10.2. The van der Waals surface area contributed by atoms with Crippen LogP contribution in [0.3, 0.4) is 0 Å². The van der Waals surface area contributed by atoms with Crippen molar-refractivity contribution in [2.45, 2.75) is 6.42 Å². The smallest absolute Gasteiger partial charge is 0.131 e. The molecule has 0 nitrogen and oxygen atoms in total. The maximum atomic E-state index is 13.2. The highest BCUT2D eigenvalue weighted by Crippen LogP contribution is 2.21. The van der Waals surface area contributed by atoms with E-state index in [4.69, 9.17) is 0 Å². The zero-order valence-electron chi connectivity index (χ0n) is 6.93. The van der Waals surface area contributed by atoms with Gasteiger partial charge in [0.25, 0.3) is 0 Å². The van der Waals surface area contributed by atoms with Gasteiger partial charge in [0.05, 0.1) is 0 Å². The van der Waals surface area contributed by atoms with E-state index in [9.17, 15) is 4.39 Å². The van der Waals surface area contributed by atoms with Crippen LogP contribution in [0.2, 0.25) is 0 Å². The summed E-state index contributed by atoms with van der Waals surface area (Å²) >= 11 is 6.60. The van der Waals surface area contributed by atoms with E-state index in [0.29, 0.717) is 5.56 Å². The third kappa shape index (κ3) is 3.24. The Morgan fingerprint density at radius 1 is 1.38 bits per heavy atom. The third-order valence-electron chi connectivity index (χ3n) is 1.56. The van der Waals surface area contributed by atoms with Crippen molar-refractivity contribution in [3.63, 3.8) is 0 Å². The second kappa shape index (κ2) is 5.55. The van der Waals surface area contributed by atoms with Crippen molar-refractivity contribution in [2.24, 2.45) is 0 Å². The summed E-state index contributed by atoms with van der Waals surface area (Å²) in [6, 6.07) is 4.97. The summed E-state index contributed by atoms with van der Waals surface area (Å²) in [6.07, 6.45) is 4.64. The van der Waals surface area contributed by atoms with Crippen molar-refractivity contribution in [3.8, 4) is 0 Å². The average Bonchev–Trinajstić information content (AvgIpc) is 2.10. The van der Waals surface area contributed by atoms with Crippen LogP contribution in [-0.4, -0.2) is 5.33 Å². The zero-order chi connectivity index (χ0) is 9.68. The lowest BCUT2D eigenvalue weighted by Crippen LogP contribution is -1.82. The fourth-order valence-corrected chi connectivity index (χ4v) is 1.67. The molecule has 13 heavy (non-hydrogen) atoms. The molecule has 0 spiro atoms. The lowest BCUT2D eigenvalue weighted by Gasteiger charge is -1.99. The molecule has 0 amide bonds. The standard InChI is InChI=1S/C10H9Br2F/c11-7-2-1-4-8-9(12)5-3-6-10(8)13/h1,3-6H,2,7H2. The molecule has 1 rings (SSSR count). The molecular formula is C10H9Br2F. The summed E-state index contributed by atoms with van der Waals surface area (Å²) in [6.45, 7) is 0. The van der Waals surface area contributed by atoms with Crippen LogP contribution in [0.1, 0.15) is 12.0 Å². The summed E-state index contributed by atoms with van der Waals surface area (Å²) in [7, 11) is 0. The number of benzene rings is 1. The Kier molecular flexibility index (Phi) is 4.67. The highest BCUT2D eigenvalue weighted by molar-refractivity contribution is 9.10. The topological polar surface area (TPSA) is 0 Å². The molecule has 0 aliphatic heterocycles. The second-order valence-corrected chi connectivity index (χ2v) is 4.16. The monoisotopic (exact) mass is 306 g/mol. The number of allylic oxidation sites excluding steroid dienone is 1. The van der Waals surface area contributed by atoms with Gasteiger partial charge in [0.15, 0.2) is 0 Å². The van der Waals surface area contributed by atoms with E-state index < -0.39 is 0 Å². The first-order chi connectivity index (χ1) is 6.25. The number of halogens is 3. The van der Waals surface area contributed by atoms with Crippen molar-refractivity contribution in [2.75, 3.05) is 5.33 Å². The van der Waals surface area contributed by atoms with Crippen molar-refractivity contribution in [1.29, 1.82) is 0 Å². The van der Waals surface area contributed by atoms with Gasteiger partial charge in [-0.25, -0.2) is 4.39 Å². The first-order valence-corrected chi connectivity index (χ1v) is 5.83. The minimum atomic E-state index is -0.194. The Hall–Kier alpha value is -0.150. The number of alkyl halides is 1. The fraction of sp³-hybridized carbons (Fsp3) is 0.200. The Labute approximate surface area is 94.1 Å². The van der Waals surface area contributed by atoms with Gasteiger partial charge >= 0.3 is 0 Å². The number of hydrogen-bond donors (Lipinski definition) is 0. The number of hydrogen-bond acceptors (Lipinski definition) is 0. The van der Waals surface area contributed by atoms with Crippen LogP contribution in [0.4, 0.5) is 4.39 Å². The van der Waals surface area contributed by atoms with Crippen LogP contribution >= 0.6 is 31.9 Å². The van der Waals surface area contributed by atoms with Gasteiger partial charge in [0.2, 0.25) is 0 Å². The van der Waals surface area contributed by atoms with E-state index in [1.807, 2.05) is 12.1 Å². The van der Waals surface area contributed by atoms with Gasteiger partial charge in [0, 0.05) is 15.4 Å². The highest BCUT2D eigenvalue weighted by Gasteiger charge is 2.01. The summed E-state index contributed by atoms with van der Waals surface area (Å²) in [5.41, 5.74) is 0.614. The Morgan fingerprint density at radius 3 is 2.77 bits per heavy atom. The van der Waals surface area contributed by atoms with Gasteiger partial charge in [-0.3, -0.25) is 0 Å². The van der Waals surface area contributed by atoms with Gasteiger partial charge in [-0.15, -0.1) is 0 Å². The normalized spacial score (nSPS) is 11.0. The Bertz CT molecular complexity index is 288. The molecule has 0 unspecified atom stereocenters. The van der Waals surface area contributed by atoms with Crippen LogP contribution in [0.15, 0.2) is 28.7 Å². The molecular weight excluding hydrogens is 299 g/mol. The molecule has 0 bridgehead atoms. The van der Waals surface area contributed by atoms with Crippen LogP contribution in [-0.2, 0) is 0 Å². The molecule has 0 atom stereocenters. The number of rotatable bonds is 3. The average molecular weight is 308 g/mol. The molecule has 0 aliphatic rings. The Morgan fingerprint density at radius 2 is 2.15 bits per heavy atom. The molecule has 1 aromatic carbocycles. The van der Waals surface area contributed by atoms with E-state index in [-0.39, 0.29) is 5.82 Å². The van der Waals surface area contributed by atoms with Crippen LogP contribution in [0, 0.1) is 5.82 Å². The second-order valence-electron chi connectivity index (χ2n) is 2.52. The summed E-state index contributed by atoms with van der Waals surface area (Å²) < 4.78 is 14.0. The summed E-state index contributed by atoms with van der Waals surface area (Å²) in [5.74, 6) is -0.194. The largest absolute Gasteiger partial charge is 0.206 e. The third-order valence-corrected chi connectivity index (χ3v) is 2.71. The molecule has 70 valence electrons. The van der Waals surface area contributed by atoms with Gasteiger partial charge < -0.3 is 0 Å². The first-order valence-electron chi connectivity index (χ1n) is 3.92. The van der Waals surface area contributed by atoms with Crippen LogP contribution in [0.25, 0.3) is 6.08 Å². The lowest BCUT2D eigenvalue weighted by molar-refractivity contribution is 0.624. The molecule has 0 N–H and O–H groups in total. The predicted octanol–water partition coefficient (Wildman–Crippen LogP) is 4.39. The summed E-state index contributed by atoms with van der Waals surface area (Å²) in [4.78, 5) is 0. The predicted molar refractivity (Wildman–Crippen MR) is 61.5 cm³/mol. The highest BCUT2D eigenvalue weighted by atomic mass is 79.9. The van der Waals surface area contributed by atoms with E-state index in [0.717, 1.165) is 16.2 Å². The zero-order valence-corrected chi connectivity index (χ0v) is 10.1. The molecule has 0 heterocycles. The SMILES string of the molecule is Fc1cccc(Br)c1C=CCCBr. The van der Waals surface area contributed by atoms with Gasteiger partial charge in [-0.05, 0) is 18.6 Å².